The number of aromatic nitrogens is 2. The Morgan fingerprint density at radius 3 is 2.59 bits per heavy atom. The lowest BCUT2D eigenvalue weighted by Gasteiger charge is -2.10. The van der Waals surface area contributed by atoms with Crippen LogP contribution in [0.1, 0.15) is 12.2 Å². The van der Waals surface area contributed by atoms with E-state index in [-0.39, 0.29) is 0 Å². The molecule has 0 atom stereocenters. The Morgan fingerprint density at radius 2 is 1.86 bits per heavy atom. The van der Waals surface area contributed by atoms with Gasteiger partial charge in [0.1, 0.15) is 17.5 Å². The summed E-state index contributed by atoms with van der Waals surface area (Å²) in [5, 5.41) is 6.09. The SMILES string of the molecule is COCCCNc1cc(Nc2ccc(F)c(F)c2)nc(C)n1. The van der Waals surface area contributed by atoms with Crippen molar-refractivity contribution in [2.24, 2.45) is 0 Å². The molecule has 5 nitrogen and oxygen atoms in total. The minimum atomic E-state index is -0.909. The number of ether oxygens (including phenoxy) is 1. The van der Waals surface area contributed by atoms with Crippen LogP contribution in [0.15, 0.2) is 24.3 Å². The number of nitrogens with one attached hydrogen (secondary N) is 2. The van der Waals surface area contributed by atoms with Gasteiger partial charge in [0.2, 0.25) is 0 Å². The van der Waals surface area contributed by atoms with E-state index in [9.17, 15) is 8.78 Å². The quantitative estimate of drug-likeness (QED) is 0.769. The van der Waals surface area contributed by atoms with Crippen LogP contribution >= 0.6 is 0 Å². The minimum Gasteiger partial charge on any atom is -0.385 e. The van der Waals surface area contributed by atoms with Crippen LogP contribution in [0, 0.1) is 18.6 Å². The van der Waals surface area contributed by atoms with Crippen LogP contribution in [0.25, 0.3) is 0 Å². The normalized spacial score (nSPS) is 10.5. The average molecular weight is 308 g/mol. The zero-order valence-corrected chi connectivity index (χ0v) is 12.5. The first kappa shape index (κ1) is 16.1. The molecule has 0 bridgehead atoms. The van der Waals surface area contributed by atoms with E-state index in [2.05, 4.69) is 20.6 Å². The summed E-state index contributed by atoms with van der Waals surface area (Å²) in [6.07, 6.45) is 0.853. The van der Waals surface area contributed by atoms with Crippen LogP contribution < -0.4 is 10.6 Å². The third-order valence-electron chi connectivity index (χ3n) is 2.86. The van der Waals surface area contributed by atoms with Crippen LogP contribution in [-0.4, -0.2) is 30.2 Å². The van der Waals surface area contributed by atoms with E-state index in [1.807, 2.05) is 0 Å². The van der Waals surface area contributed by atoms with Gasteiger partial charge in [-0.2, -0.15) is 0 Å². The van der Waals surface area contributed by atoms with E-state index in [1.165, 1.54) is 6.07 Å². The molecule has 1 aromatic heterocycles. The van der Waals surface area contributed by atoms with E-state index in [0.29, 0.717) is 29.8 Å². The lowest BCUT2D eigenvalue weighted by molar-refractivity contribution is 0.198. The Bertz CT molecular complexity index is 637. The predicted octanol–water partition coefficient (Wildman–Crippen LogP) is 3.26. The van der Waals surface area contributed by atoms with Crippen LogP contribution in [0.5, 0.6) is 0 Å². The first-order chi connectivity index (χ1) is 10.6. The third-order valence-corrected chi connectivity index (χ3v) is 2.86. The van der Waals surface area contributed by atoms with Gasteiger partial charge in [-0.25, -0.2) is 18.7 Å². The maximum absolute atomic E-state index is 13.2. The summed E-state index contributed by atoms with van der Waals surface area (Å²) >= 11 is 0. The highest BCUT2D eigenvalue weighted by Gasteiger charge is 2.05. The lowest BCUT2D eigenvalue weighted by atomic mass is 10.3. The number of anilines is 3. The van der Waals surface area contributed by atoms with Crippen molar-refractivity contribution >= 4 is 17.3 Å². The largest absolute Gasteiger partial charge is 0.385 e. The predicted molar refractivity (Wildman–Crippen MR) is 81.4 cm³/mol. The fourth-order valence-electron chi connectivity index (χ4n) is 1.88. The number of halogens is 2. The molecule has 0 amide bonds. The van der Waals surface area contributed by atoms with E-state index in [1.54, 1.807) is 20.1 Å². The summed E-state index contributed by atoms with van der Waals surface area (Å²) in [4.78, 5) is 8.49. The maximum Gasteiger partial charge on any atom is 0.160 e. The second kappa shape index (κ2) is 7.65. The molecule has 2 N–H and O–H groups in total. The number of aryl methyl sites for hydroxylation is 1. The molecular weight excluding hydrogens is 290 g/mol. The Labute approximate surface area is 127 Å². The van der Waals surface area contributed by atoms with E-state index in [4.69, 9.17) is 4.74 Å². The van der Waals surface area contributed by atoms with Crippen LogP contribution in [0.3, 0.4) is 0 Å². The molecule has 7 heteroatoms. The Morgan fingerprint density at radius 1 is 1.09 bits per heavy atom. The lowest BCUT2D eigenvalue weighted by Crippen LogP contribution is -2.08. The topological polar surface area (TPSA) is 59.1 Å². The molecule has 2 rings (SSSR count). The minimum absolute atomic E-state index is 0.419. The molecule has 0 aliphatic rings. The first-order valence-corrected chi connectivity index (χ1v) is 6.89. The fourth-order valence-corrected chi connectivity index (χ4v) is 1.88. The Balaban J connectivity index is 2.06. The van der Waals surface area contributed by atoms with Gasteiger partial charge >= 0.3 is 0 Å². The van der Waals surface area contributed by atoms with Gasteiger partial charge < -0.3 is 15.4 Å². The molecule has 0 radical (unpaired) electrons. The van der Waals surface area contributed by atoms with Crippen molar-refractivity contribution in [3.05, 3.63) is 41.7 Å². The van der Waals surface area contributed by atoms with Crippen molar-refractivity contribution in [1.82, 2.24) is 9.97 Å². The number of hydrogen-bond donors (Lipinski definition) is 2. The van der Waals surface area contributed by atoms with Crippen molar-refractivity contribution in [3.8, 4) is 0 Å². The van der Waals surface area contributed by atoms with Gasteiger partial charge in [-0.3, -0.25) is 0 Å². The van der Waals surface area contributed by atoms with Crippen LogP contribution in [0.2, 0.25) is 0 Å². The molecule has 118 valence electrons. The second-order valence-corrected chi connectivity index (χ2v) is 4.71. The van der Waals surface area contributed by atoms with Crippen molar-refractivity contribution < 1.29 is 13.5 Å². The standard InChI is InChI=1S/C15H18F2N4O/c1-10-19-14(18-6-3-7-22-2)9-15(20-10)21-11-4-5-12(16)13(17)8-11/h4-5,8-9H,3,6-7H2,1-2H3,(H2,18,19,20,21). The van der Waals surface area contributed by atoms with Crippen LogP contribution in [0.4, 0.5) is 26.1 Å². The number of benzene rings is 1. The summed E-state index contributed by atoms with van der Waals surface area (Å²) in [6, 6.07) is 5.30. The highest BCUT2D eigenvalue weighted by atomic mass is 19.2. The summed E-state index contributed by atoms with van der Waals surface area (Å²) in [7, 11) is 1.65. The molecule has 0 aliphatic heterocycles. The Hall–Kier alpha value is -2.28. The summed E-state index contributed by atoms with van der Waals surface area (Å²) in [5.74, 6) is -0.0538. The van der Waals surface area contributed by atoms with Gasteiger partial charge in [-0.05, 0) is 25.5 Å². The molecular formula is C15H18F2N4O. The van der Waals surface area contributed by atoms with Crippen molar-refractivity contribution in [2.75, 3.05) is 30.9 Å². The number of hydrogen-bond acceptors (Lipinski definition) is 5. The fraction of sp³-hybridized carbons (Fsp3) is 0.333. The number of rotatable bonds is 7. The highest BCUT2D eigenvalue weighted by Crippen LogP contribution is 2.19. The first-order valence-electron chi connectivity index (χ1n) is 6.89. The molecule has 0 spiro atoms. The molecule has 0 unspecified atom stereocenters. The van der Waals surface area contributed by atoms with Gasteiger partial charge in [-0.15, -0.1) is 0 Å². The third kappa shape index (κ3) is 4.63. The number of nitrogens with zero attached hydrogens (tertiary/aromatic N) is 2. The molecule has 0 fully saturated rings. The average Bonchev–Trinajstić information content (AvgIpc) is 2.47. The number of methoxy groups -OCH3 is 1. The van der Waals surface area contributed by atoms with E-state index in [0.717, 1.165) is 25.1 Å². The molecule has 0 saturated carbocycles. The van der Waals surface area contributed by atoms with Gasteiger partial charge in [0.15, 0.2) is 11.6 Å². The van der Waals surface area contributed by atoms with Crippen molar-refractivity contribution in [3.63, 3.8) is 0 Å². The highest BCUT2D eigenvalue weighted by molar-refractivity contribution is 5.59. The van der Waals surface area contributed by atoms with Crippen molar-refractivity contribution in [1.29, 1.82) is 0 Å². The van der Waals surface area contributed by atoms with E-state index >= 15 is 0 Å². The monoisotopic (exact) mass is 308 g/mol. The van der Waals surface area contributed by atoms with Crippen molar-refractivity contribution in [2.45, 2.75) is 13.3 Å². The summed E-state index contributed by atoms with van der Waals surface area (Å²) < 4.78 is 31.1. The molecule has 0 aliphatic carbocycles. The van der Waals surface area contributed by atoms with E-state index < -0.39 is 11.6 Å². The molecule has 0 saturated heterocycles. The summed E-state index contributed by atoms with van der Waals surface area (Å²) in [5.41, 5.74) is 0.419. The maximum atomic E-state index is 13.2. The molecule has 22 heavy (non-hydrogen) atoms. The molecule has 1 heterocycles. The Kier molecular flexibility index (Phi) is 5.60. The molecule has 2 aromatic rings. The molecule has 1 aromatic carbocycles. The summed E-state index contributed by atoms with van der Waals surface area (Å²) in [6.45, 7) is 3.14. The van der Waals surface area contributed by atoms with Crippen LogP contribution in [-0.2, 0) is 4.74 Å². The van der Waals surface area contributed by atoms with Gasteiger partial charge in [0.05, 0.1) is 0 Å². The van der Waals surface area contributed by atoms with Gasteiger partial charge in [0.25, 0.3) is 0 Å². The van der Waals surface area contributed by atoms with Gasteiger partial charge in [-0.1, -0.05) is 0 Å². The smallest absolute Gasteiger partial charge is 0.160 e. The van der Waals surface area contributed by atoms with Gasteiger partial charge in [0, 0.05) is 38.1 Å². The second-order valence-electron chi connectivity index (χ2n) is 4.71. The zero-order chi connectivity index (χ0) is 15.9. The zero-order valence-electron chi connectivity index (χ0n) is 12.5.